The van der Waals surface area contributed by atoms with Crippen molar-refractivity contribution in [1.82, 2.24) is 10.6 Å². The Kier molecular flexibility index (Phi) is 24.4. The number of aliphatic carboxylic acids is 2. The summed E-state index contributed by atoms with van der Waals surface area (Å²) in [5.74, 6) is -1.57. The Morgan fingerprint density at radius 1 is 0.361 bits per heavy atom. The Labute approximate surface area is 218 Å². The first-order valence-corrected chi connectivity index (χ1v) is 14.4. The lowest BCUT2D eigenvalue weighted by Crippen LogP contribution is -2.24. The summed E-state index contributed by atoms with van der Waals surface area (Å²) in [5, 5.41) is 22.7. The third-order valence-corrected chi connectivity index (χ3v) is 6.34. The fraction of sp³-hybridized carbons (Fsp3) is 0.857. The Balaban J connectivity index is 3.20. The van der Waals surface area contributed by atoms with Crippen molar-refractivity contribution >= 4 is 23.8 Å². The van der Waals surface area contributed by atoms with Gasteiger partial charge in [0.25, 0.3) is 0 Å². The molecule has 36 heavy (non-hydrogen) atoms. The molecule has 0 heterocycles. The summed E-state index contributed by atoms with van der Waals surface area (Å²) >= 11 is 0. The van der Waals surface area contributed by atoms with Gasteiger partial charge in [-0.2, -0.15) is 0 Å². The Morgan fingerprint density at radius 3 is 0.861 bits per heavy atom. The smallest absolute Gasteiger partial charge is 0.303 e. The van der Waals surface area contributed by atoms with E-state index in [1.807, 2.05) is 0 Å². The second kappa shape index (κ2) is 26.0. The van der Waals surface area contributed by atoms with Gasteiger partial charge in [0.05, 0.1) is 0 Å². The average Bonchev–Trinajstić information content (AvgIpc) is 2.83. The maximum atomic E-state index is 11.6. The summed E-state index contributed by atoms with van der Waals surface area (Å²) in [6, 6.07) is 0. The molecule has 0 unspecified atom stereocenters. The van der Waals surface area contributed by atoms with E-state index in [0.717, 1.165) is 25.7 Å². The zero-order chi connectivity index (χ0) is 26.7. The van der Waals surface area contributed by atoms with E-state index >= 15 is 0 Å². The fourth-order valence-electron chi connectivity index (χ4n) is 4.16. The summed E-state index contributed by atoms with van der Waals surface area (Å²) in [6.07, 6.45) is 21.6. The predicted molar refractivity (Wildman–Crippen MR) is 143 cm³/mol. The van der Waals surface area contributed by atoms with Crippen molar-refractivity contribution in [2.24, 2.45) is 0 Å². The van der Waals surface area contributed by atoms with Crippen LogP contribution >= 0.6 is 0 Å². The van der Waals surface area contributed by atoms with Crippen molar-refractivity contribution in [3.8, 4) is 0 Å². The lowest BCUT2D eigenvalue weighted by molar-refractivity contribution is -0.138. The van der Waals surface area contributed by atoms with Gasteiger partial charge < -0.3 is 20.8 Å². The lowest BCUT2D eigenvalue weighted by Gasteiger charge is -2.05. The molecule has 0 spiro atoms. The van der Waals surface area contributed by atoms with Gasteiger partial charge in [0, 0.05) is 38.8 Å². The van der Waals surface area contributed by atoms with Crippen molar-refractivity contribution in [3.63, 3.8) is 0 Å². The van der Waals surface area contributed by atoms with Gasteiger partial charge >= 0.3 is 11.9 Å². The molecule has 0 bridgehead atoms. The number of hydrogen-bond acceptors (Lipinski definition) is 4. The number of carboxylic acid groups (broad SMARTS) is 2. The van der Waals surface area contributed by atoms with Crippen LogP contribution in [0.5, 0.6) is 0 Å². The van der Waals surface area contributed by atoms with E-state index in [0.29, 0.717) is 38.8 Å². The Bertz CT molecular complexity index is 532. The van der Waals surface area contributed by atoms with E-state index in [9.17, 15) is 19.2 Å². The second-order valence-electron chi connectivity index (χ2n) is 9.85. The number of nitrogens with one attached hydrogen (secondary N) is 2. The average molecular weight is 513 g/mol. The van der Waals surface area contributed by atoms with E-state index < -0.39 is 11.9 Å². The minimum atomic E-state index is -0.821. The van der Waals surface area contributed by atoms with E-state index in [2.05, 4.69) is 10.6 Å². The maximum Gasteiger partial charge on any atom is 0.303 e. The molecule has 0 aromatic rings. The fourth-order valence-corrected chi connectivity index (χ4v) is 4.16. The van der Waals surface area contributed by atoms with Crippen molar-refractivity contribution < 1.29 is 29.4 Å². The van der Waals surface area contributed by atoms with Crippen molar-refractivity contribution in [2.45, 2.75) is 141 Å². The summed E-state index contributed by atoms with van der Waals surface area (Å²) < 4.78 is 0. The molecule has 0 aliphatic heterocycles. The molecule has 0 radical (unpaired) electrons. The summed E-state index contributed by atoms with van der Waals surface area (Å²) in [5.41, 5.74) is 0. The minimum Gasteiger partial charge on any atom is -0.481 e. The molecular weight excluding hydrogens is 460 g/mol. The van der Waals surface area contributed by atoms with Crippen LogP contribution in [-0.4, -0.2) is 47.1 Å². The first-order chi connectivity index (χ1) is 17.4. The first-order valence-electron chi connectivity index (χ1n) is 14.4. The number of carbonyl (C=O) groups excluding carboxylic acids is 2. The number of rotatable bonds is 27. The molecule has 0 saturated carbocycles. The van der Waals surface area contributed by atoms with Gasteiger partial charge in [0.1, 0.15) is 0 Å². The van der Waals surface area contributed by atoms with Gasteiger partial charge in [0.2, 0.25) is 11.8 Å². The molecule has 0 atom stereocenters. The molecule has 0 aromatic carbocycles. The van der Waals surface area contributed by atoms with E-state index in [-0.39, 0.29) is 24.7 Å². The van der Waals surface area contributed by atoms with Crippen LogP contribution in [0.15, 0.2) is 0 Å². The molecule has 210 valence electrons. The van der Waals surface area contributed by atoms with Gasteiger partial charge in [-0.05, 0) is 25.7 Å². The largest absolute Gasteiger partial charge is 0.481 e. The maximum absolute atomic E-state index is 11.6. The van der Waals surface area contributed by atoms with E-state index in [1.165, 1.54) is 77.0 Å². The number of amides is 2. The van der Waals surface area contributed by atoms with Gasteiger partial charge in [-0.25, -0.2) is 0 Å². The third kappa shape index (κ3) is 28.1. The highest BCUT2D eigenvalue weighted by Gasteiger charge is 2.03. The summed E-state index contributed by atoms with van der Waals surface area (Å²) in [4.78, 5) is 44.1. The van der Waals surface area contributed by atoms with Crippen LogP contribution < -0.4 is 10.6 Å². The van der Waals surface area contributed by atoms with Gasteiger partial charge in [-0.15, -0.1) is 0 Å². The minimum absolute atomic E-state index is 0.0349. The number of carbonyl (C=O) groups is 4. The number of hydrogen-bond donors (Lipinski definition) is 4. The second-order valence-corrected chi connectivity index (χ2v) is 9.85. The van der Waals surface area contributed by atoms with Gasteiger partial charge in [0.15, 0.2) is 0 Å². The van der Waals surface area contributed by atoms with Gasteiger partial charge in [-0.3, -0.25) is 19.2 Å². The zero-order valence-electron chi connectivity index (χ0n) is 22.5. The van der Waals surface area contributed by atoms with Crippen LogP contribution in [0, 0.1) is 0 Å². The highest BCUT2D eigenvalue weighted by Crippen LogP contribution is 2.14. The SMILES string of the molecule is O=C(O)CCCNC(=O)CCCCCCCCCCCCCCCCCCC(=O)NCCCC(=O)O. The van der Waals surface area contributed by atoms with Crippen LogP contribution in [0.2, 0.25) is 0 Å². The van der Waals surface area contributed by atoms with Crippen molar-refractivity contribution in [1.29, 1.82) is 0 Å². The molecular formula is C28H52N2O6. The molecule has 0 saturated heterocycles. The lowest BCUT2D eigenvalue weighted by atomic mass is 10.0. The molecule has 4 N–H and O–H groups in total. The molecule has 8 heteroatoms. The Hall–Kier alpha value is -2.12. The molecule has 0 aliphatic rings. The van der Waals surface area contributed by atoms with Crippen molar-refractivity contribution in [3.05, 3.63) is 0 Å². The monoisotopic (exact) mass is 512 g/mol. The van der Waals surface area contributed by atoms with E-state index in [4.69, 9.17) is 10.2 Å². The molecule has 0 rings (SSSR count). The first kappa shape index (κ1) is 33.9. The quantitative estimate of drug-likeness (QED) is 0.100. The van der Waals surface area contributed by atoms with Crippen LogP contribution in [0.3, 0.4) is 0 Å². The number of carboxylic acids is 2. The molecule has 0 aliphatic carbocycles. The van der Waals surface area contributed by atoms with Crippen molar-refractivity contribution in [2.75, 3.05) is 13.1 Å². The zero-order valence-corrected chi connectivity index (χ0v) is 22.5. The molecule has 0 aromatic heterocycles. The van der Waals surface area contributed by atoms with Crippen LogP contribution in [-0.2, 0) is 19.2 Å². The molecule has 0 fully saturated rings. The standard InChI is InChI=1S/C28H52N2O6/c31-25(29-23-17-21-27(33)34)19-15-13-11-9-7-5-3-1-2-4-6-8-10-12-14-16-20-26(32)30-24-18-22-28(35)36/h1-24H2,(H,29,31)(H,30,32)(H,33,34)(H,35,36). The third-order valence-electron chi connectivity index (χ3n) is 6.34. The van der Waals surface area contributed by atoms with Gasteiger partial charge in [-0.1, -0.05) is 89.9 Å². The van der Waals surface area contributed by atoms with Crippen LogP contribution in [0.25, 0.3) is 0 Å². The number of unbranched alkanes of at least 4 members (excludes halogenated alkanes) is 15. The Morgan fingerprint density at radius 2 is 0.611 bits per heavy atom. The summed E-state index contributed by atoms with van der Waals surface area (Å²) in [7, 11) is 0. The topological polar surface area (TPSA) is 133 Å². The highest BCUT2D eigenvalue weighted by atomic mass is 16.4. The van der Waals surface area contributed by atoms with Crippen LogP contribution in [0.1, 0.15) is 141 Å². The normalized spacial score (nSPS) is 10.8. The summed E-state index contributed by atoms with van der Waals surface area (Å²) in [6.45, 7) is 0.903. The molecule has 2 amide bonds. The molecule has 8 nitrogen and oxygen atoms in total. The highest BCUT2D eigenvalue weighted by molar-refractivity contribution is 5.76. The van der Waals surface area contributed by atoms with E-state index in [1.54, 1.807) is 0 Å². The predicted octanol–water partition coefficient (Wildman–Crippen LogP) is 5.97. The van der Waals surface area contributed by atoms with Crippen LogP contribution in [0.4, 0.5) is 0 Å².